The van der Waals surface area contributed by atoms with Crippen molar-refractivity contribution in [3.63, 3.8) is 0 Å². The first kappa shape index (κ1) is 11.3. The Morgan fingerprint density at radius 3 is 2.64 bits per heavy atom. The molecule has 0 spiro atoms. The molecule has 0 unspecified atom stereocenters. The third-order valence-electron chi connectivity index (χ3n) is 2.66. The SMILES string of the molecule is CCN(Cc1ccco1)C(C)(C)CN. The van der Waals surface area contributed by atoms with Gasteiger partial charge in [0.1, 0.15) is 5.76 Å². The van der Waals surface area contributed by atoms with Crippen LogP contribution < -0.4 is 5.73 Å². The molecule has 0 fully saturated rings. The fraction of sp³-hybridized carbons (Fsp3) is 0.636. The predicted molar refractivity (Wildman–Crippen MR) is 57.9 cm³/mol. The normalized spacial score (nSPS) is 12.4. The van der Waals surface area contributed by atoms with Crippen molar-refractivity contribution in [2.45, 2.75) is 32.9 Å². The summed E-state index contributed by atoms with van der Waals surface area (Å²) in [4.78, 5) is 2.31. The molecule has 0 radical (unpaired) electrons. The molecule has 0 aliphatic heterocycles. The molecule has 14 heavy (non-hydrogen) atoms. The smallest absolute Gasteiger partial charge is 0.117 e. The molecule has 0 saturated carbocycles. The summed E-state index contributed by atoms with van der Waals surface area (Å²) >= 11 is 0. The molecular weight excluding hydrogens is 176 g/mol. The van der Waals surface area contributed by atoms with Crippen molar-refractivity contribution in [3.8, 4) is 0 Å². The van der Waals surface area contributed by atoms with Crippen LogP contribution in [-0.2, 0) is 6.54 Å². The lowest BCUT2D eigenvalue weighted by Gasteiger charge is -2.36. The molecule has 0 bridgehead atoms. The van der Waals surface area contributed by atoms with Gasteiger partial charge >= 0.3 is 0 Å². The summed E-state index contributed by atoms with van der Waals surface area (Å²) in [7, 11) is 0. The average Bonchev–Trinajstić information content (AvgIpc) is 2.66. The highest BCUT2D eigenvalue weighted by atomic mass is 16.3. The molecule has 2 N–H and O–H groups in total. The Hall–Kier alpha value is -0.800. The van der Waals surface area contributed by atoms with E-state index < -0.39 is 0 Å². The minimum Gasteiger partial charge on any atom is -0.468 e. The summed E-state index contributed by atoms with van der Waals surface area (Å²) < 4.78 is 5.32. The molecule has 3 heteroatoms. The van der Waals surface area contributed by atoms with Crippen molar-refractivity contribution in [3.05, 3.63) is 24.2 Å². The van der Waals surface area contributed by atoms with Gasteiger partial charge in [0.25, 0.3) is 0 Å². The van der Waals surface area contributed by atoms with Crippen LogP contribution in [0.2, 0.25) is 0 Å². The Morgan fingerprint density at radius 1 is 1.50 bits per heavy atom. The van der Waals surface area contributed by atoms with Crippen LogP contribution in [0.15, 0.2) is 22.8 Å². The summed E-state index contributed by atoms with van der Waals surface area (Å²) in [5.41, 5.74) is 5.77. The van der Waals surface area contributed by atoms with E-state index in [4.69, 9.17) is 10.2 Å². The Bertz CT molecular complexity index is 254. The summed E-state index contributed by atoms with van der Waals surface area (Å²) in [5.74, 6) is 0.994. The van der Waals surface area contributed by atoms with Gasteiger partial charge in [-0.3, -0.25) is 4.90 Å². The molecule has 0 saturated heterocycles. The molecule has 0 aromatic carbocycles. The maximum absolute atomic E-state index is 5.74. The molecule has 1 aromatic rings. The molecule has 0 amide bonds. The number of nitrogens with two attached hydrogens (primary N) is 1. The summed E-state index contributed by atoms with van der Waals surface area (Å²) in [6.07, 6.45) is 1.71. The van der Waals surface area contributed by atoms with Crippen molar-refractivity contribution in [2.75, 3.05) is 13.1 Å². The quantitative estimate of drug-likeness (QED) is 0.781. The second kappa shape index (κ2) is 4.62. The van der Waals surface area contributed by atoms with Crippen LogP contribution in [0.3, 0.4) is 0 Å². The van der Waals surface area contributed by atoms with Crippen LogP contribution >= 0.6 is 0 Å². The minimum absolute atomic E-state index is 0.0293. The fourth-order valence-electron chi connectivity index (χ4n) is 1.47. The zero-order chi connectivity index (χ0) is 10.6. The van der Waals surface area contributed by atoms with Crippen LogP contribution in [0.1, 0.15) is 26.5 Å². The largest absolute Gasteiger partial charge is 0.468 e. The van der Waals surface area contributed by atoms with E-state index in [1.54, 1.807) is 6.26 Å². The maximum atomic E-state index is 5.74. The first-order chi connectivity index (χ1) is 6.60. The van der Waals surface area contributed by atoms with E-state index in [0.29, 0.717) is 6.54 Å². The highest BCUT2D eigenvalue weighted by Crippen LogP contribution is 2.16. The molecule has 0 atom stereocenters. The van der Waals surface area contributed by atoms with Gasteiger partial charge in [0, 0.05) is 12.1 Å². The Labute approximate surface area is 85.9 Å². The lowest BCUT2D eigenvalue weighted by Crippen LogP contribution is -2.48. The van der Waals surface area contributed by atoms with Gasteiger partial charge in [0.2, 0.25) is 0 Å². The molecule has 0 aliphatic rings. The van der Waals surface area contributed by atoms with Gasteiger partial charge in [-0.2, -0.15) is 0 Å². The number of hydrogen-bond acceptors (Lipinski definition) is 3. The Morgan fingerprint density at radius 2 is 2.21 bits per heavy atom. The van der Waals surface area contributed by atoms with Crippen molar-refractivity contribution in [2.24, 2.45) is 5.73 Å². The first-order valence-electron chi connectivity index (χ1n) is 5.07. The van der Waals surface area contributed by atoms with Crippen molar-refractivity contribution >= 4 is 0 Å². The van der Waals surface area contributed by atoms with Crippen molar-refractivity contribution < 1.29 is 4.42 Å². The molecule has 3 nitrogen and oxygen atoms in total. The van der Waals surface area contributed by atoms with E-state index in [2.05, 4.69) is 25.7 Å². The first-order valence-corrected chi connectivity index (χ1v) is 5.07. The topological polar surface area (TPSA) is 42.4 Å². The van der Waals surface area contributed by atoms with Gasteiger partial charge < -0.3 is 10.2 Å². The number of hydrogen-bond donors (Lipinski definition) is 1. The van der Waals surface area contributed by atoms with Crippen LogP contribution in [0.25, 0.3) is 0 Å². The third-order valence-corrected chi connectivity index (χ3v) is 2.66. The van der Waals surface area contributed by atoms with E-state index in [0.717, 1.165) is 18.8 Å². The number of likely N-dealkylation sites (N-methyl/N-ethyl adjacent to an activating group) is 1. The van der Waals surface area contributed by atoms with Crippen LogP contribution in [0, 0.1) is 0 Å². The second-order valence-electron chi connectivity index (χ2n) is 4.11. The number of rotatable bonds is 5. The van der Waals surface area contributed by atoms with Gasteiger partial charge in [-0.25, -0.2) is 0 Å². The van der Waals surface area contributed by atoms with Gasteiger partial charge in [-0.05, 0) is 32.5 Å². The van der Waals surface area contributed by atoms with E-state index in [9.17, 15) is 0 Å². The average molecular weight is 196 g/mol. The lowest BCUT2D eigenvalue weighted by molar-refractivity contribution is 0.116. The molecule has 1 rings (SSSR count). The van der Waals surface area contributed by atoms with Crippen LogP contribution in [0.5, 0.6) is 0 Å². The predicted octanol–water partition coefficient (Wildman–Crippen LogP) is 1.84. The number of furan rings is 1. The van der Waals surface area contributed by atoms with E-state index in [1.165, 1.54) is 0 Å². The molecule has 80 valence electrons. The Balaban J connectivity index is 2.64. The summed E-state index contributed by atoms with van der Waals surface area (Å²) in [6.45, 7) is 8.90. The minimum atomic E-state index is 0.0293. The summed E-state index contributed by atoms with van der Waals surface area (Å²) in [5, 5.41) is 0. The van der Waals surface area contributed by atoms with Gasteiger partial charge in [-0.1, -0.05) is 6.92 Å². The molecule has 0 aliphatic carbocycles. The van der Waals surface area contributed by atoms with Crippen molar-refractivity contribution in [1.29, 1.82) is 0 Å². The van der Waals surface area contributed by atoms with Crippen molar-refractivity contribution in [1.82, 2.24) is 4.90 Å². The highest BCUT2D eigenvalue weighted by Gasteiger charge is 2.24. The highest BCUT2D eigenvalue weighted by molar-refractivity contribution is 4.99. The van der Waals surface area contributed by atoms with Gasteiger partial charge in [0.05, 0.1) is 12.8 Å². The van der Waals surface area contributed by atoms with Crippen LogP contribution in [-0.4, -0.2) is 23.5 Å². The molecule has 1 aromatic heterocycles. The van der Waals surface area contributed by atoms with E-state index in [-0.39, 0.29) is 5.54 Å². The monoisotopic (exact) mass is 196 g/mol. The zero-order valence-corrected chi connectivity index (χ0v) is 9.29. The van der Waals surface area contributed by atoms with E-state index in [1.807, 2.05) is 12.1 Å². The van der Waals surface area contributed by atoms with Gasteiger partial charge in [-0.15, -0.1) is 0 Å². The maximum Gasteiger partial charge on any atom is 0.117 e. The molecule has 1 heterocycles. The summed E-state index contributed by atoms with van der Waals surface area (Å²) in [6, 6.07) is 3.91. The molecular formula is C11H20N2O. The third kappa shape index (κ3) is 2.59. The standard InChI is InChI=1S/C11H20N2O/c1-4-13(11(2,3)9-12)8-10-6-5-7-14-10/h5-7H,4,8-9,12H2,1-3H3. The van der Waals surface area contributed by atoms with Crippen LogP contribution in [0.4, 0.5) is 0 Å². The Kier molecular flexibility index (Phi) is 3.72. The van der Waals surface area contributed by atoms with Gasteiger partial charge in [0.15, 0.2) is 0 Å². The number of nitrogens with zero attached hydrogens (tertiary/aromatic N) is 1. The van der Waals surface area contributed by atoms with E-state index >= 15 is 0 Å². The zero-order valence-electron chi connectivity index (χ0n) is 9.29. The second-order valence-corrected chi connectivity index (χ2v) is 4.11. The lowest BCUT2D eigenvalue weighted by atomic mass is 10.0. The fourth-order valence-corrected chi connectivity index (χ4v) is 1.47.